The van der Waals surface area contributed by atoms with Gasteiger partial charge in [-0.1, -0.05) is 6.07 Å². The number of amides is 1. The molecular formula is C12H14N4O3S. The molecule has 1 unspecified atom stereocenters. The van der Waals surface area contributed by atoms with E-state index in [1.165, 1.54) is 6.07 Å². The van der Waals surface area contributed by atoms with E-state index in [-0.39, 0.29) is 22.8 Å². The number of hydrogen-bond acceptors (Lipinski definition) is 5. The minimum atomic E-state index is -3.38. The van der Waals surface area contributed by atoms with Crippen molar-refractivity contribution in [2.45, 2.75) is 17.4 Å². The Morgan fingerprint density at radius 2 is 2.20 bits per heavy atom. The van der Waals surface area contributed by atoms with Gasteiger partial charge >= 0.3 is 0 Å². The maximum absolute atomic E-state index is 11.8. The highest BCUT2D eigenvalue weighted by molar-refractivity contribution is 7.91. The van der Waals surface area contributed by atoms with E-state index in [0.717, 1.165) is 6.26 Å². The summed E-state index contributed by atoms with van der Waals surface area (Å²) in [4.78, 5) is 15.7. The van der Waals surface area contributed by atoms with Crippen molar-refractivity contribution in [1.82, 2.24) is 14.9 Å². The molecular weight excluding hydrogens is 280 g/mol. The van der Waals surface area contributed by atoms with Gasteiger partial charge in [0.1, 0.15) is 5.52 Å². The fourth-order valence-corrected chi connectivity index (χ4v) is 3.39. The fraction of sp³-hybridized carbons (Fsp3) is 0.333. The van der Waals surface area contributed by atoms with Gasteiger partial charge in [-0.15, -0.1) is 0 Å². The van der Waals surface area contributed by atoms with Crippen LogP contribution in [0.3, 0.4) is 0 Å². The summed E-state index contributed by atoms with van der Waals surface area (Å²) in [6.45, 7) is 0.470. The molecule has 0 spiro atoms. The van der Waals surface area contributed by atoms with Crippen LogP contribution in [0.1, 0.15) is 12.5 Å². The number of anilines is 1. The van der Waals surface area contributed by atoms with Crippen LogP contribution in [0.15, 0.2) is 23.1 Å². The molecule has 1 fully saturated rings. The molecule has 1 saturated heterocycles. The molecule has 0 radical (unpaired) electrons. The Morgan fingerprint density at radius 3 is 2.80 bits per heavy atom. The zero-order valence-electron chi connectivity index (χ0n) is 10.8. The van der Waals surface area contributed by atoms with Crippen LogP contribution < -0.4 is 11.1 Å². The average molecular weight is 294 g/mol. The molecule has 3 rings (SSSR count). The van der Waals surface area contributed by atoms with Crippen molar-refractivity contribution in [3.63, 3.8) is 0 Å². The van der Waals surface area contributed by atoms with Crippen molar-refractivity contribution in [2.75, 3.05) is 18.5 Å². The number of sulfone groups is 1. The molecule has 0 saturated carbocycles. The third-order valence-corrected chi connectivity index (χ3v) is 4.56. The minimum Gasteiger partial charge on any atom is -0.369 e. The number of carbonyl (C=O) groups is 1. The number of para-hydroxylation sites is 1. The van der Waals surface area contributed by atoms with Gasteiger partial charge in [-0.05, 0) is 12.1 Å². The van der Waals surface area contributed by atoms with Crippen LogP contribution in [0.2, 0.25) is 0 Å². The standard InChI is InChI=1S/C12H14N4O3S/c1-20(18,19)9-4-2-3-8-11(9)15-12(13)16(8)7-5-10(17)14-6-7/h2-4,7H,5-6H2,1H3,(H2,13,15)(H,14,17). The second-order valence-electron chi connectivity index (χ2n) is 4.90. The summed E-state index contributed by atoms with van der Waals surface area (Å²) in [5.74, 6) is 0.174. The predicted molar refractivity (Wildman–Crippen MR) is 73.9 cm³/mol. The molecule has 20 heavy (non-hydrogen) atoms. The van der Waals surface area contributed by atoms with Gasteiger partial charge in [0.05, 0.1) is 16.5 Å². The molecule has 1 atom stereocenters. The summed E-state index contributed by atoms with van der Waals surface area (Å²) in [6, 6.07) is 4.78. The van der Waals surface area contributed by atoms with Crippen LogP contribution in [-0.2, 0) is 14.6 Å². The SMILES string of the molecule is CS(=O)(=O)c1cccc2c1nc(N)n2C1CNC(=O)C1. The summed E-state index contributed by atoms with van der Waals surface area (Å²) in [7, 11) is -3.38. The Bertz CT molecular complexity index is 809. The fourth-order valence-electron chi connectivity index (χ4n) is 2.56. The molecule has 0 aliphatic carbocycles. The van der Waals surface area contributed by atoms with Gasteiger partial charge < -0.3 is 15.6 Å². The normalized spacial score (nSPS) is 19.4. The van der Waals surface area contributed by atoms with E-state index in [1.807, 2.05) is 0 Å². The van der Waals surface area contributed by atoms with Crippen LogP contribution in [0, 0.1) is 0 Å². The van der Waals surface area contributed by atoms with Crippen molar-refractivity contribution in [3.8, 4) is 0 Å². The third-order valence-electron chi connectivity index (χ3n) is 3.43. The number of nitrogens with one attached hydrogen (secondary N) is 1. The summed E-state index contributed by atoms with van der Waals surface area (Å²) in [5.41, 5.74) is 6.89. The Kier molecular flexibility index (Phi) is 2.72. The van der Waals surface area contributed by atoms with Crippen LogP contribution in [0.4, 0.5) is 5.95 Å². The summed E-state index contributed by atoms with van der Waals surface area (Å²) in [5, 5.41) is 2.73. The zero-order valence-corrected chi connectivity index (χ0v) is 11.6. The molecule has 1 aliphatic rings. The molecule has 3 N–H and O–H groups in total. The topological polar surface area (TPSA) is 107 Å². The van der Waals surface area contributed by atoms with Crippen molar-refractivity contribution in [1.29, 1.82) is 0 Å². The van der Waals surface area contributed by atoms with Gasteiger partial charge in [0.25, 0.3) is 0 Å². The summed E-state index contributed by atoms with van der Waals surface area (Å²) in [6.07, 6.45) is 1.45. The van der Waals surface area contributed by atoms with Crippen LogP contribution >= 0.6 is 0 Å². The van der Waals surface area contributed by atoms with E-state index in [2.05, 4.69) is 10.3 Å². The number of aromatic nitrogens is 2. The predicted octanol–water partition coefficient (Wildman–Crippen LogP) is 0.0830. The second-order valence-corrected chi connectivity index (χ2v) is 6.88. The Hall–Kier alpha value is -2.09. The number of fused-ring (bicyclic) bond motifs is 1. The lowest BCUT2D eigenvalue weighted by atomic mass is 10.2. The van der Waals surface area contributed by atoms with Gasteiger partial charge in [0.15, 0.2) is 9.84 Å². The highest BCUT2D eigenvalue weighted by Gasteiger charge is 2.27. The van der Waals surface area contributed by atoms with E-state index in [4.69, 9.17) is 5.73 Å². The molecule has 1 aromatic heterocycles. The quantitative estimate of drug-likeness (QED) is 0.816. The first-order valence-corrected chi connectivity index (χ1v) is 8.00. The van der Waals surface area contributed by atoms with Crippen molar-refractivity contribution in [2.24, 2.45) is 0 Å². The van der Waals surface area contributed by atoms with E-state index in [1.54, 1.807) is 16.7 Å². The second kappa shape index (κ2) is 4.20. The number of hydrogen-bond donors (Lipinski definition) is 2. The lowest BCUT2D eigenvalue weighted by molar-refractivity contribution is -0.119. The lowest BCUT2D eigenvalue weighted by Crippen LogP contribution is -2.16. The van der Waals surface area contributed by atoms with Crippen molar-refractivity contribution in [3.05, 3.63) is 18.2 Å². The van der Waals surface area contributed by atoms with Gasteiger partial charge in [-0.3, -0.25) is 4.79 Å². The van der Waals surface area contributed by atoms with E-state index in [0.29, 0.717) is 24.0 Å². The smallest absolute Gasteiger partial charge is 0.222 e. The van der Waals surface area contributed by atoms with Gasteiger partial charge in [0, 0.05) is 19.2 Å². The molecule has 106 valence electrons. The van der Waals surface area contributed by atoms with Crippen LogP contribution in [0.5, 0.6) is 0 Å². The first kappa shape index (κ1) is 12.9. The number of carbonyl (C=O) groups excluding carboxylic acids is 1. The molecule has 1 aliphatic heterocycles. The number of benzene rings is 1. The average Bonchev–Trinajstić information content (AvgIpc) is 2.89. The largest absolute Gasteiger partial charge is 0.369 e. The van der Waals surface area contributed by atoms with Gasteiger partial charge in [-0.2, -0.15) is 0 Å². The highest BCUT2D eigenvalue weighted by atomic mass is 32.2. The molecule has 0 bridgehead atoms. The monoisotopic (exact) mass is 294 g/mol. The Morgan fingerprint density at radius 1 is 1.45 bits per heavy atom. The minimum absolute atomic E-state index is 0.0458. The molecule has 8 heteroatoms. The Labute approximate surface area is 115 Å². The molecule has 1 aromatic carbocycles. The summed E-state index contributed by atoms with van der Waals surface area (Å²) < 4.78 is 25.3. The number of imidazole rings is 1. The Balaban J connectivity index is 2.25. The molecule has 2 heterocycles. The third kappa shape index (κ3) is 1.92. The number of nitrogens with zero attached hydrogens (tertiary/aromatic N) is 2. The number of nitrogen functional groups attached to an aromatic ring is 1. The van der Waals surface area contributed by atoms with E-state index >= 15 is 0 Å². The van der Waals surface area contributed by atoms with Gasteiger partial charge in [-0.25, -0.2) is 13.4 Å². The lowest BCUT2D eigenvalue weighted by Gasteiger charge is -2.12. The summed E-state index contributed by atoms with van der Waals surface area (Å²) >= 11 is 0. The van der Waals surface area contributed by atoms with Crippen LogP contribution in [-0.4, -0.2) is 36.7 Å². The molecule has 1 amide bonds. The van der Waals surface area contributed by atoms with E-state index < -0.39 is 9.84 Å². The van der Waals surface area contributed by atoms with Crippen LogP contribution in [0.25, 0.3) is 11.0 Å². The van der Waals surface area contributed by atoms with Crippen molar-refractivity contribution >= 4 is 32.7 Å². The van der Waals surface area contributed by atoms with Gasteiger partial charge in [0.2, 0.25) is 11.9 Å². The van der Waals surface area contributed by atoms with E-state index in [9.17, 15) is 13.2 Å². The number of nitrogens with two attached hydrogens (primary N) is 1. The highest BCUT2D eigenvalue weighted by Crippen LogP contribution is 2.30. The molecule has 7 nitrogen and oxygen atoms in total. The maximum atomic E-state index is 11.8. The first-order chi connectivity index (χ1) is 9.38. The zero-order chi connectivity index (χ0) is 14.5. The maximum Gasteiger partial charge on any atom is 0.222 e. The molecule has 2 aromatic rings. The number of rotatable bonds is 2. The van der Waals surface area contributed by atoms with Crippen molar-refractivity contribution < 1.29 is 13.2 Å². The first-order valence-electron chi connectivity index (χ1n) is 6.11.